The van der Waals surface area contributed by atoms with Gasteiger partial charge in [0, 0.05) is 68.8 Å². The van der Waals surface area contributed by atoms with Gasteiger partial charge in [-0.1, -0.05) is 6.42 Å². The number of aromatic nitrogens is 4. The summed E-state index contributed by atoms with van der Waals surface area (Å²) in [5.74, 6) is 1.44. The molecule has 0 amide bonds. The normalized spacial score (nSPS) is 19.6. The number of pyridine rings is 2. The minimum atomic E-state index is -4.38. The second kappa shape index (κ2) is 11.7. The summed E-state index contributed by atoms with van der Waals surface area (Å²) in [5.41, 5.74) is 2.30. The summed E-state index contributed by atoms with van der Waals surface area (Å²) < 4.78 is 38.6. The quantitative estimate of drug-likeness (QED) is 0.446. The Bertz CT molecular complexity index is 1160. The highest BCUT2D eigenvalue weighted by atomic mass is 19.4. The van der Waals surface area contributed by atoms with Crippen LogP contribution >= 0.6 is 0 Å². The van der Waals surface area contributed by atoms with Crippen LogP contribution in [-0.4, -0.2) is 81.8 Å². The molecule has 8 nitrogen and oxygen atoms in total. The molecule has 2 fully saturated rings. The molecule has 204 valence electrons. The Morgan fingerprint density at radius 1 is 0.947 bits per heavy atom. The molecule has 3 aromatic rings. The van der Waals surface area contributed by atoms with Crippen molar-refractivity contribution in [2.45, 2.75) is 44.9 Å². The summed E-state index contributed by atoms with van der Waals surface area (Å²) in [4.78, 5) is 15.6. The number of aromatic amines is 1. The zero-order valence-corrected chi connectivity index (χ0v) is 21.7. The van der Waals surface area contributed by atoms with Crippen LogP contribution in [0.1, 0.15) is 37.3 Å². The number of halogens is 3. The number of H-pyrrole nitrogens is 1. The molecule has 0 aliphatic carbocycles. The highest BCUT2D eigenvalue weighted by Crippen LogP contribution is 2.30. The van der Waals surface area contributed by atoms with Crippen LogP contribution in [0.3, 0.4) is 0 Å². The zero-order valence-electron chi connectivity index (χ0n) is 21.7. The lowest BCUT2D eigenvalue weighted by atomic mass is 10.1. The average molecular weight is 529 g/mol. The molecule has 2 saturated heterocycles. The molecule has 1 unspecified atom stereocenters. The average Bonchev–Trinajstić information content (AvgIpc) is 3.37. The van der Waals surface area contributed by atoms with Crippen LogP contribution in [0.4, 0.5) is 24.8 Å². The molecular weight excluding hydrogens is 493 g/mol. The van der Waals surface area contributed by atoms with Gasteiger partial charge in [0.2, 0.25) is 0 Å². The van der Waals surface area contributed by atoms with Crippen molar-refractivity contribution in [3.05, 3.63) is 54.0 Å². The van der Waals surface area contributed by atoms with Gasteiger partial charge in [0.05, 0.1) is 17.5 Å². The standard InChI is InChI=1S/C27H35F3N8/c1-20-18-37(13-14-38(20)25-8-6-23(17-33-25)27(28,29)30)19-22-16-34-35-26(22)21-5-7-24(32-15-21)31-9-12-36-10-3-2-4-11-36/h5-8,15-17,20H,2-4,9-14,18-19H2,1H3,(H,31,32)(H,34,35). The van der Waals surface area contributed by atoms with E-state index in [2.05, 4.69) is 53.2 Å². The Morgan fingerprint density at radius 2 is 1.79 bits per heavy atom. The first kappa shape index (κ1) is 26.4. The fourth-order valence-corrected chi connectivity index (χ4v) is 5.33. The number of hydrogen-bond acceptors (Lipinski definition) is 7. The molecule has 1 atom stereocenters. The van der Waals surface area contributed by atoms with Crippen LogP contribution in [0.15, 0.2) is 42.9 Å². The molecule has 5 heterocycles. The van der Waals surface area contributed by atoms with Gasteiger partial charge in [-0.15, -0.1) is 0 Å². The largest absolute Gasteiger partial charge is 0.417 e. The molecule has 0 bridgehead atoms. The molecule has 3 aromatic heterocycles. The molecule has 0 aromatic carbocycles. The van der Waals surface area contributed by atoms with Crippen molar-refractivity contribution in [2.75, 3.05) is 56.0 Å². The molecule has 2 aliphatic heterocycles. The van der Waals surface area contributed by atoms with Crippen molar-refractivity contribution >= 4 is 11.6 Å². The van der Waals surface area contributed by atoms with Gasteiger partial charge in [-0.3, -0.25) is 10.00 Å². The van der Waals surface area contributed by atoms with Crippen molar-refractivity contribution in [1.29, 1.82) is 0 Å². The lowest BCUT2D eigenvalue weighted by molar-refractivity contribution is -0.137. The van der Waals surface area contributed by atoms with Crippen LogP contribution in [0.25, 0.3) is 11.3 Å². The van der Waals surface area contributed by atoms with Crippen molar-refractivity contribution in [2.24, 2.45) is 0 Å². The van der Waals surface area contributed by atoms with E-state index in [-0.39, 0.29) is 6.04 Å². The van der Waals surface area contributed by atoms with Gasteiger partial charge in [-0.05, 0) is 57.1 Å². The maximum Gasteiger partial charge on any atom is 0.417 e. The van der Waals surface area contributed by atoms with Gasteiger partial charge in [-0.2, -0.15) is 18.3 Å². The Kier molecular flexibility index (Phi) is 8.13. The Morgan fingerprint density at radius 3 is 2.47 bits per heavy atom. The van der Waals surface area contributed by atoms with E-state index < -0.39 is 11.7 Å². The van der Waals surface area contributed by atoms with Crippen molar-refractivity contribution in [1.82, 2.24) is 30.0 Å². The number of nitrogens with zero attached hydrogens (tertiary/aromatic N) is 6. The summed E-state index contributed by atoms with van der Waals surface area (Å²) >= 11 is 0. The second-order valence-electron chi connectivity index (χ2n) is 10.2. The van der Waals surface area contributed by atoms with Crippen molar-refractivity contribution in [3.8, 4) is 11.3 Å². The number of piperidine rings is 1. The molecule has 11 heteroatoms. The molecule has 0 spiro atoms. The molecule has 2 N–H and O–H groups in total. The molecule has 0 radical (unpaired) electrons. The lowest BCUT2D eigenvalue weighted by Gasteiger charge is -2.40. The SMILES string of the molecule is CC1CN(Cc2cn[nH]c2-c2ccc(NCCN3CCCCC3)nc2)CCN1c1ccc(C(F)(F)F)cn1. The summed E-state index contributed by atoms with van der Waals surface area (Å²) in [6.45, 7) is 9.33. The van der Waals surface area contributed by atoms with Crippen LogP contribution in [0.2, 0.25) is 0 Å². The maximum atomic E-state index is 12.9. The molecule has 0 saturated carbocycles. The van der Waals surface area contributed by atoms with Gasteiger partial charge in [0.15, 0.2) is 0 Å². The van der Waals surface area contributed by atoms with E-state index in [4.69, 9.17) is 0 Å². The predicted octanol–water partition coefficient (Wildman–Crippen LogP) is 4.49. The molecule has 2 aliphatic rings. The number of piperazine rings is 1. The van der Waals surface area contributed by atoms with Gasteiger partial charge in [-0.25, -0.2) is 9.97 Å². The fraction of sp³-hybridized carbons (Fsp3) is 0.519. The van der Waals surface area contributed by atoms with E-state index in [1.54, 1.807) is 0 Å². The van der Waals surface area contributed by atoms with Gasteiger partial charge in [0.1, 0.15) is 11.6 Å². The highest BCUT2D eigenvalue weighted by Gasteiger charge is 2.32. The van der Waals surface area contributed by atoms with Gasteiger partial charge >= 0.3 is 6.18 Å². The first-order chi connectivity index (χ1) is 18.4. The minimum absolute atomic E-state index is 0.111. The third kappa shape index (κ3) is 6.44. The van der Waals surface area contributed by atoms with E-state index >= 15 is 0 Å². The fourth-order valence-electron chi connectivity index (χ4n) is 5.33. The number of rotatable bonds is 8. The van der Waals surface area contributed by atoms with Crippen LogP contribution in [-0.2, 0) is 12.7 Å². The van der Waals surface area contributed by atoms with Crippen LogP contribution < -0.4 is 10.2 Å². The lowest BCUT2D eigenvalue weighted by Crippen LogP contribution is -2.51. The number of anilines is 2. The first-order valence-electron chi connectivity index (χ1n) is 13.3. The number of likely N-dealkylation sites (tertiary alicyclic amines) is 1. The monoisotopic (exact) mass is 528 g/mol. The maximum absolute atomic E-state index is 12.9. The predicted molar refractivity (Wildman–Crippen MR) is 142 cm³/mol. The van der Waals surface area contributed by atoms with Gasteiger partial charge in [0.25, 0.3) is 0 Å². The van der Waals surface area contributed by atoms with Gasteiger partial charge < -0.3 is 15.1 Å². The van der Waals surface area contributed by atoms with E-state index in [0.717, 1.165) is 67.6 Å². The first-order valence-corrected chi connectivity index (χ1v) is 13.3. The van der Waals surface area contributed by atoms with Crippen LogP contribution in [0, 0.1) is 0 Å². The molecule has 5 rings (SSSR count). The zero-order chi connectivity index (χ0) is 26.5. The Balaban J connectivity index is 1.14. The van der Waals surface area contributed by atoms with Crippen molar-refractivity contribution < 1.29 is 13.2 Å². The van der Waals surface area contributed by atoms with Crippen molar-refractivity contribution in [3.63, 3.8) is 0 Å². The topological polar surface area (TPSA) is 76.2 Å². The summed E-state index contributed by atoms with van der Waals surface area (Å²) in [5, 5.41) is 10.8. The molecular formula is C27H35F3N8. The van der Waals surface area contributed by atoms with E-state index in [9.17, 15) is 13.2 Å². The summed E-state index contributed by atoms with van der Waals surface area (Å²) in [7, 11) is 0. The second-order valence-corrected chi connectivity index (χ2v) is 10.2. The van der Waals surface area contributed by atoms with E-state index in [0.29, 0.717) is 12.4 Å². The number of nitrogens with one attached hydrogen (secondary N) is 2. The van der Waals surface area contributed by atoms with E-state index in [1.165, 1.54) is 38.4 Å². The number of hydrogen-bond donors (Lipinski definition) is 2. The Labute approximate surface area is 221 Å². The van der Waals surface area contributed by atoms with Crippen LogP contribution in [0.5, 0.6) is 0 Å². The third-order valence-corrected chi connectivity index (χ3v) is 7.43. The number of alkyl halides is 3. The smallest absolute Gasteiger partial charge is 0.369 e. The summed E-state index contributed by atoms with van der Waals surface area (Å²) in [6.07, 6.45) is 4.20. The molecule has 38 heavy (non-hydrogen) atoms. The highest BCUT2D eigenvalue weighted by molar-refractivity contribution is 5.63. The third-order valence-electron chi connectivity index (χ3n) is 7.43. The summed E-state index contributed by atoms with van der Waals surface area (Å²) in [6, 6.07) is 6.74. The minimum Gasteiger partial charge on any atom is -0.369 e. The Hall–Kier alpha value is -3.18. The van der Waals surface area contributed by atoms with E-state index in [1.807, 2.05) is 18.5 Å².